The maximum atomic E-state index is 11.8. The first-order chi connectivity index (χ1) is 7.29. The second-order valence-corrected chi connectivity index (χ2v) is 3.88. The van der Waals surface area contributed by atoms with E-state index in [9.17, 15) is 23.1 Å². The molecule has 0 spiro atoms. The minimum atomic E-state index is -4.47. The Kier molecular flexibility index (Phi) is 3.79. The van der Waals surface area contributed by atoms with E-state index in [1.165, 1.54) is 18.2 Å². The topological polar surface area (TPSA) is 49.3 Å². The van der Waals surface area contributed by atoms with Crippen molar-refractivity contribution in [3.05, 3.63) is 28.2 Å². The average molecular weight is 298 g/mol. The number of amides is 1. The van der Waals surface area contributed by atoms with Crippen LogP contribution in [0.5, 0.6) is 5.75 Å². The van der Waals surface area contributed by atoms with E-state index in [1.54, 1.807) is 5.32 Å². The number of carbonyl (C=O) groups is 1. The van der Waals surface area contributed by atoms with Gasteiger partial charge in [0.15, 0.2) is 0 Å². The van der Waals surface area contributed by atoms with Crippen molar-refractivity contribution in [3.8, 4) is 5.75 Å². The summed E-state index contributed by atoms with van der Waals surface area (Å²) in [6.07, 6.45) is -4.47. The van der Waals surface area contributed by atoms with Crippen LogP contribution in [0, 0.1) is 0 Å². The molecular weight excluding hydrogens is 291 g/mol. The number of rotatable bonds is 2. The predicted molar refractivity (Wildman–Crippen MR) is 54.2 cm³/mol. The Labute approximate surface area is 97.4 Å². The van der Waals surface area contributed by atoms with E-state index in [2.05, 4.69) is 15.9 Å². The number of hydrogen-bond acceptors (Lipinski definition) is 2. The molecule has 0 saturated carbocycles. The molecule has 0 aliphatic rings. The Hall–Kier alpha value is -1.24. The highest BCUT2D eigenvalue weighted by Gasteiger charge is 2.28. The van der Waals surface area contributed by atoms with Gasteiger partial charge in [0.05, 0.1) is 5.56 Å². The molecule has 0 radical (unpaired) electrons. The molecule has 0 atom stereocenters. The molecule has 16 heavy (non-hydrogen) atoms. The molecule has 88 valence electrons. The zero-order valence-electron chi connectivity index (χ0n) is 7.81. The van der Waals surface area contributed by atoms with Crippen molar-refractivity contribution < 1.29 is 23.1 Å². The minimum absolute atomic E-state index is 0.210. The molecule has 1 rings (SSSR count). The second-order valence-electron chi connectivity index (χ2n) is 2.96. The van der Waals surface area contributed by atoms with Crippen molar-refractivity contribution in [1.82, 2.24) is 5.32 Å². The zero-order chi connectivity index (χ0) is 12.3. The quantitative estimate of drug-likeness (QED) is 0.881. The summed E-state index contributed by atoms with van der Waals surface area (Å²) in [5.41, 5.74) is -0.210. The van der Waals surface area contributed by atoms with Gasteiger partial charge < -0.3 is 10.4 Å². The lowest BCUT2D eigenvalue weighted by molar-refractivity contribution is -0.123. The van der Waals surface area contributed by atoms with E-state index in [-0.39, 0.29) is 11.3 Å². The first-order valence-electron chi connectivity index (χ1n) is 4.13. The van der Waals surface area contributed by atoms with Crippen LogP contribution in [0.3, 0.4) is 0 Å². The minimum Gasteiger partial charge on any atom is -0.507 e. The van der Waals surface area contributed by atoms with E-state index in [4.69, 9.17) is 0 Å². The third kappa shape index (κ3) is 3.73. The Bertz CT molecular complexity index is 406. The fourth-order valence-corrected chi connectivity index (χ4v) is 1.33. The molecule has 0 aromatic heterocycles. The van der Waals surface area contributed by atoms with Crippen molar-refractivity contribution in [2.45, 2.75) is 6.18 Å². The van der Waals surface area contributed by atoms with Crippen LogP contribution in [-0.4, -0.2) is 23.7 Å². The van der Waals surface area contributed by atoms with Gasteiger partial charge in [0.1, 0.15) is 12.3 Å². The van der Waals surface area contributed by atoms with Crippen molar-refractivity contribution in [3.63, 3.8) is 0 Å². The fourth-order valence-electron chi connectivity index (χ4n) is 0.966. The summed E-state index contributed by atoms with van der Waals surface area (Å²) < 4.78 is 36.0. The molecule has 3 nitrogen and oxygen atoms in total. The third-order valence-corrected chi connectivity index (χ3v) is 2.15. The molecule has 1 amide bonds. The fraction of sp³-hybridized carbons (Fsp3) is 0.222. The van der Waals surface area contributed by atoms with E-state index < -0.39 is 18.6 Å². The lowest BCUT2D eigenvalue weighted by atomic mass is 10.2. The Morgan fingerprint density at radius 1 is 1.44 bits per heavy atom. The summed E-state index contributed by atoms with van der Waals surface area (Å²) in [4.78, 5) is 11.3. The number of hydrogen-bond donors (Lipinski definition) is 2. The second kappa shape index (κ2) is 4.73. The Balaban J connectivity index is 2.77. The Morgan fingerprint density at radius 2 is 2.06 bits per heavy atom. The molecule has 1 aromatic carbocycles. The first kappa shape index (κ1) is 12.8. The molecule has 0 unspecified atom stereocenters. The van der Waals surface area contributed by atoms with Gasteiger partial charge in [0.2, 0.25) is 0 Å². The van der Waals surface area contributed by atoms with Gasteiger partial charge in [-0.3, -0.25) is 4.79 Å². The maximum Gasteiger partial charge on any atom is 0.405 e. The van der Waals surface area contributed by atoms with Crippen LogP contribution in [0.2, 0.25) is 0 Å². The summed E-state index contributed by atoms with van der Waals surface area (Å²) in [5.74, 6) is -1.35. The predicted octanol–water partition coefficient (Wildman–Crippen LogP) is 2.45. The van der Waals surface area contributed by atoms with Gasteiger partial charge in [-0.1, -0.05) is 15.9 Å². The Morgan fingerprint density at radius 3 is 2.62 bits per heavy atom. The van der Waals surface area contributed by atoms with Crippen LogP contribution < -0.4 is 5.32 Å². The SMILES string of the molecule is O=C(NCC(F)(F)F)c1cc(Br)ccc1O. The van der Waals surface area contributed by atoms with Crippen LogP contribution in [0.15, 0.2) is 22.7 Å². The van der Waals surface area contributed by atoms with Gasteiger partial charge >= 0.3 is 6.18 Å². The van der Waals surface area contributed by atoms with Crippen LogP contribution in [0.4, 0.5) is 13.2 Å². The van der Waals surface area contributed by atoms with Crippen molar-refractivity contribution in [1.29, 1.82) is 0 Å². The molecule has 0 saturated heterocycles. The lowest BCUT2D eigenvalue weighted by Gasteiger charge is -2.09. The number of aromatic hydroxyl groups is 1. The van der Waals surface area contributed by atoms with Gasteiger partial charge in [0.25, 0.3) is 5.91 Å². The van der Waals surface area contributed by atoms with Crippen LogP contribution in [0.1, 0.15) is 10.4 Å². The van der Waals surface area contributed by atoms with Gasteiger partial charge in [-0.05, 0) is 18.2 Å². The van der Waals surface area contributed by atoms with Crippen LogP contribution >= 0.6 is 15.9 Å². The van der Waals surface area contributed by atoms with Gasteiger partial charge in [-0.15, -0.1) is 0 Å². The van der Waals surface area contributed by atoms with Crippen LogP contribution in [0.25, 0.3) is 0 Å². The number of phenolic OH excluding ortho intramolecular Hbond substituents is 1. The number of benzene rings is 1. The van der Waals surface area contributed by atoms with Gasteiger partial charge in [-0.25, -0.2) is 0 Å². The normalized spacial score (nSPS) is 11.2. The number of phenols is 1. The monoisotopic (exact) mass is 297 g/mol. The van der Waals surface area contributed by atoms with Gasteiger partial charge in [0, 0.05) is 4.47 Å². The van der Waals surface area contributed by atoms with Crippen molar-refractivity contribution in [2.24, 2.45) is 0 Å². The molecule has 0 bridgehead atoms. The smallest absolute Gasteiger partial charge is 0.405 e. The number of carbonyl (C=O) groups excluding carboxylic acids is 1. The van der Waals surface area contributed by atoms with Crippen molar-refractivity contribution in [2.75, 3.05) is 6.54 Å². The molecule has 0 aliphatic heterocycles. The summed E-state index contributed by atoms with van der Waals surface area (Å²) >= 11 is 3.04. The lowest BCUT2D eigenvalue weighted by Crippen LogP contribution is -2.33. The van der Waals surface area contributed by atoms with E-state index in [0.29, 0.717) is 4.47 Å². The molecular formula is C9H7BrF3NO2. The maximum absolute atomic E-state index is 11.8. The van der Waals surface area contributed by atoms with Crippen molar-refractivity contribution >= 4 is 21.8 Å². The highest BCUT2D eigenvalue weighted by atomic mass is 79.9. The summed E-state index contributed by atoms with van der Waals surface area (Å²) in [7, 11) is 0. The summed E-state index contributed by atoms with van der Waals surface area (Å²) in [5, 5.41) is 10.9. The van der Waals surface area contributed by atoms with E-state index in [0.717, 1.165) is 0 Å². The molecule has 2 N–H and O–H groups in total. The largest absolute Gasteiger partial charge is 0.507 e. The summed E-state index contributed by atoms with van der Waals surface area (Å²) in [6, 6.07) is 3.92. The number of nitrogens with one attached hydrogen (secondary N) is 1. The molecule has 0 aliphatic carbocycles. The molecule has 0 fully saturated rings. The summed E-state index contributed by atoms with van der Waals surface area (Å²) in [6.45, 7) is -1.43. The van der Waals surface area contributed by atoms with E-state index >= 15 is 0 Å². The zero-order valence-corrected chi connectivity index (χ0v) is 9.39. The van der Waals surface area contributed by atoms with Crippen LogP contribution in [-0.2, 0) is 0 Å². The number of halogens is 4. The molecule has 0 heterocycles. The number of alkyl halides is 3. The highest BCUT2D eigenvalue weighted by Crippen LogP contribution is 2.22. The average Bonchev–Trinajstić information content (AvgIpc) is 2.17. The molecule has 7 heteroatoms. The highest BCUT2D eigenvalue weighted by molar-refractivity contribution is 9.10. The first-order valence-corrected chi connectivity index (χ1v) is 4.92. The van der Waals surface area contributed by atoms with E-state index in [1.807, 2.05) is 0 Å². The van der Waals surface area contributed by atoms with Gasteiger partial charge in [-0.2, -0.15) is 13.2 Å². The standard InChI is InChI=1S/C9H7BrF3NO2/c10-5-1-2-7(15)6(3-5)8(16)14-4-9(11,12)13/h1-3,15H,4H2,(H,14,16). The third-order valence-electron chi connectivity index (χ3n) is 1.65. The molecule has 1 aromatic rings.